The summed E-state index contributed by atoms with van der Waals surface area (Å²) in [5, 5.41) is 2.06. The Labute approximate surface area is 87.5 Å². The molecule has 0 saturated heterocycles. The molecule has 0 aliphatic heterocycles. The first-order chi connectivity index (χ1) is 6.76. The molecule has 0 spiro atoms. The number of nitrogens with two attached hydrogens (primary N) is 1. The third-order valence-electron chi connectivity index (χ3n) is 1.26. The van der Waals surface area contributed by atoms with Crippen LogP contribution in [0.3, 0.4) is 0 Å². The fraction of sp³-hybridized carbons (Fsp3) is 0.667. The summed E-state index contributed by atoms with van der Waals surface area (Å²) < 4.78 is 30.1. The molecular weight excluding hydrogens is 206 g/mol. The Kier molecular flexibility index (Phi) is 5.21. The number of alkyl carbamates (subject to hydrolysis) is 1. The van der Waals surface area contributed by atoms with E-state index >= 15 is 0 Å². The Hall–Kier alpha value is -1.17. The van der Waals surface area contributed by atoms with E-state index in [1.165, 1.54) is 0 Å². The quantitative estimate of drug-likeness (QED) is 0.762. The molecule has 0 aromatic rings. The maximum atomic E-state index is 12.7. The lowest BCUT2D eigenvalue weighted by Gasteiger charge is -2.19. The Morgan fingerprint density at radius 3 is 2.27 bits per heavy atom. The number of amides is 1. The Morgan fingerprint density at radius 1 is 1.33 bits per heavy atom. The summed E-state index contributed by atoms with van der Waals surface area (Å²) in [5.74, 6) is -2.17. The molecule has 0 saturated carbocycles. The van der Waals surface area contributed by atoms with Crippen LogP contribution in [0.2, 0.25) is 0 Å². The monoisotopic (exact) mass is 222 g/mol. The van der Waals surface area contributed by atoms with Crippen molar-refractivity contribution in [2.24, 2.45) is 5.73 Å². The van der Waals surface area contributed by atoms with Crippen molar-refractivity contribution in [1.29, 1.82) is 0 Å². The highest BCUT2D eigenvalue weighted by Crippen LogP contribution is 2.08. The molecule has 0 aliphatic carbocycles. The minimum atomic E-state index is -1.09. The second-order valence-electron chi connectivity index (χ2n) is 3.87. The molecule has 0 heterocycles. The average molecular weight is 222 g/mol. The van der Waals surface area contributed by atoms with Crippen molar-refractivity contribution in [3.05, 3.63) is 11.7 Å². The third-order valence-corrected chi connectivity index (χ3v) is 1.26. The lowest BCUT2D eigenvalue weighted by molar-refractivity contribution is 0.0529. The number of nitrogens with one attached hydrogen (secondary N) is 1. The van der Waals surface area contributed by atoms with E-state index in [1.807, 2.05) is 0 Å². The van der Waals surface area contributed by atoms with Gasteiger partial charge in [-0.25, -0.2) is 13.6 Å². The van der Waals surface area contributed by atoms with Gasteiger partial charge in [-0.2, -0.15) is 0 Å². The number of ether oxygens (including phenoxy) is 1. The van der Waals surface area contributed by atoms with Crippen molar-refractivity contribution in [3.8, 4) is 0 Å². The molecule has 0 unspecified atom stereocenters. The van der Waals surface area contributed by atoms with E-state index in [1.54, 1.807) is 20.8 Å². The van der Waals surface area contributed by atoms with Gasteiger partial charge in [0.1, 0.15) is 11.4 Å². The predicted molar refractivity (Wildman–Crippen MR) is 52.5 cm³/mol. The second kappa shape index (κ2) is 5.65. The van der Waals surface area contributed by atoms with Gasteiger partial charge in [-0.05, 0) is 20.8 Å². The van der Waals surface area contributed by atoms with Gasteiger partial charge in [-0.3, -0.25) is 0 Å². The number of carbonyl (C=O) groups is 1. The molecule has 0 bridgehead atoms. The van der Waals surface area contributed by atoms with Crippen LogP contribution in [0.1, 0.15) is 20.8 Å². The van der Waals surface area contributed by atoms with E-state index in [-0.39, 0.29) is 0 Å². The number of halogens is 2. The van der Waals surface area contributed by atoms with E-state index in [0.717, 1.165) is 0 Å². The first kappa shape index (κ1) is 13.8. The van der Waals surface area contributed by atoms with Gasteiger partial charge in [0, 0.05) is 6.54 Å². The summed E-state index contributed by atoms with van der Waals surface area (Å²) in [6.07, 6.45) is -0.803. The Balaban J connectivity index is 4.03. The standard InChI is InChI=1S/C9H16F2N2O2/c1-9(2,3)15-8(14)13-5-7(11)6(10)4-12/h4-5,12H2,1-3H3,(H,13,14). The van der Waals surface area contributed by atoms with Crippen molar-refractivity contribution in [2.75, 3.05) is 13.1 Å². The molecule has 15 heavy (non-hydrogen) atoms. The van der Waals surface area contributed by atoms with Crippen LogP contribution in [0.15, 0.2) is 11.7 Å². The van der Waals surface area contributed by atoms with Gasteiger partial charge in [0.15, 0.2) is 5.83 Å². The van der Waals surface area contributed by atoms with Gasteiger partial charge in [-0.1, -0.05) is 0 Å². The second-order valence-corrected chi connectivity index (χ2v) is 3.87. The van der Waals surface area contributed by atoms with Crippen LogP contribution in [-0.4, -0.2) is 24.8 Å². The number of rotatable bonds is 3. The van der Waals surface area contributed by atoms with Crippen molar-refractivity contribution < 1.29 is 18.3 Å². The number of carbonyl (C=O) groups excluding carboxylic acids is 1. The zero-order valence-corrected chi connectivity index (χ0v) is 9.06. The van der Waals surface area contributed by atoms with Crippen molar-refractivity contribution in [1.82, 2.24) is 5.32 Å². The fourth-order valence-corrected chi connectivity index (χ4v) is 0.671. The number of hydrogen-bond acceptors (Lipinski definition) is 3. The molecular formula is C9H16F2N2O2. The van der Waals surface area contributed by atoms with Gasteiger partial charge in [0.2, 0.25) is 0 Å². The van der Waals surface area contributed by atoms with Crippen molar-refractivity contribution >= 4 is 6.09 Å². The summed E-state index contributed by atoms with van der Waals surface area (Å²) in [6.45, 7) is 3.91. The molecule has 3 N–H and O–H groups in total. The van der Waals surface area contributed by atoms with Gasteiger partial charge in [0.05, 0.1) is 6.54 Å². The molecule has 0 atom stereocenters. The minimum absolute atomic E-state index is 0.526. The smallest absolute Gasteiger partial charge is 0.408 e. The molecule has 0 fully saturated rings. The van der Waals surface area contributed by atoms with Gasteiger partial charge < -0.3 is 15.8 Å². The van der Waals surface area contributed by atoms with E-state index in [2.05, 4.69) is 5.32 Å². The first-order valence-electron chi connectivity index (χ1n) is 4.46. The Morgan fingerprint density at radius 2 is 1.87 bits per heavy atom. The highest BCUT2D eigenvalue weighted by Gasteiger charge is 2.16. The first-order valence-corrected chi connectivity index (χ1v) is 4.46. The van der Waals surface area contributed by atoms with Crippen LogP contribution in [0.5, 0.6) is 0 Å². The van der Waals surface area contributed by atoms with Crippen molar-refractivity contribution in [3.63, 3.8) is 0 Å². The van der Waals surface area contributed by atoms with E-state index < -0.39 is 36.4 Å². The van der Waals surface area contributed by atoms with Gasteiger partial charge in [-0.15, -0.1) is 0 Å². The van der Waals surface area contributed by atoms with Crippen LogP contribution < -0.4 is 11.1 Å². The number of hydrogen-bond donors (Lipinski definition) is 2. The van der Waals surface area contributed by atoms with Crippen LogP contribution in [0, 0.1) is 0 Å². The van der Waals surface area contributed by atoms with Crippen LogP contribution >= 0.6 is 0 Å². The van der Waals surface area contributed by atoms with Gasteiger partial charge >= 0.3 is 6.09 Å². The Bertz CT molecular complexity index is 259. The molecule has 88 valence electrons. The normalized spacial score (nSPS) is 13.2. The lowest BCUT2D eigenvalue weighted by Crippen LogP contribution is -2.33. The molecule has 6 heteroatoms. The maximum Gasteiger partial charge on any atom is 0.408 e. The molecule has 0 aliphatic rings. The molecule has 0 rings (SSSR count). The molecule has 0 aromatic heterocycles. The summed E-state index contributed by atoms with van der Waals surface area (Å²) in [6, 6.07) is 0. The molecule has 0 radical (unpaired) electrons. The largest absolute Gasteiger partial charge is 0.444 e. The van der Waals surface area contributed by atoms with Crippen LogP contribution in [-0.2, 0) is 4.74 Å². The fourth-order valence-electron chi connectivity index (χ4n) is 0.671. The summed E-state index contributed by atoms with van der Waals surface area (Å²) in [7, 11) is 0. The summed E-state index contributed by atoms with van der Waals surface area (Å²) >= 11 is 0. The minimum Gasteiger partial charge on any atom is -0.444 e. The third kappa shape index (κ3) is 6.84. The summed E-state index contributed by atoms with van der Waals surface area (Å²) in [5.41, 5.74) is 4.19. The SMILES string of the molecule is CC(C)(C)OC(=O)NCC(F)=C(F)CN. The average Bonchev–Trinajstić information content (AvgIpc) is 2.10. The van der Waals surface area contributed by atoms with Crippen LogP contribution in [0.4, 0.5) is 13.6 Å². The lowest BCUT2D eigenvalue weighted by atomic mass is 10.2. The van der Waals surface area contributed by atoms with Gasteiger partial charge in [0.25, 0.3) is 0 Å². The zero-order chi connectivity index (χ0) is 12.1. The zero-order valence-electron chi connectivity index (χ0n) is 9.06. The molecule has 1 amide bonds. The topological polar surface area (TPSA) is 64.3 Å². The molecule has 0 aromatic carbocycles. The maximum absolute atomic E-state index is 12.7. The van der Waals surface area contributed by atoms with E-state index in [0.29, 0.717) is 0 Å². The van der Waals surface area contributed by atoms with E-state index in [4.69, 9.17) is 10.5 Å². The van der Waals surface area contributed by atoms with E-state index in [9.17, 15) is 13.6 Å². The van der Waals surface area contributed by atoms with Crippen LogP contribution in [0.25, 0.3) is 0 Å². The molecule has 4 nitrogen and oxygen atoms in total. The highest BCUT2D eigenvalue weighted by molar-refractivity contribution is 5.67. The summed E-state index contributed by atoms with van der Waals surface area (Å²) in [4.78, 5) is 11.0. The predicted octanol–water partition coefficient (Wildman–Crippen LogP) is 1.62. The highest BCUT2D eigenvalue weighted by atomic mass is 19.2. The van der Waals surface area contributed by atoms with Crippen molar-refractivity contribution in [2.45, 2.75) is 26.4 Å².